The molecule has 0 fully saturated rings. The Hall–Kier alpha value is -4.95. The van der Waals surface area contributed by atoms with Crippen LogP contribution in [0.4, 0.5) is 0 Å². The molecule has 1 aliphatic heterocycles. The molecule has 4 aromatic carbocycles. The van der Waals surface area contributed by atoms with E-state index in [1.165, 1.54) is 0 Å². The lowest BCUT2D eigenvalue weighted by Gasteiger charge is -2.20. The average molecular weight is 673 g/mol. The van der Waals surface area contributed by atoms with Gasteiger partial charge in [0.2, 0.25) is 0 Å². The molecule has 48 heavy (non-hydrogen) atoms. The van der Waals surface area contributed by atoms with Gasteiger partial charge in [0.1, 0.15) is 43.8 Å². The second-order valence-electron chi connectivity index (χ2n) is 10.1. The summed E-state index contributed by atoms with van der Waals surface area (Å²) < 4.78 is 24.0. The van der Waals surface area contributed by atoms with Crippen LogP contribution in [0.15, 0.2) is 77.9 Å². The molecule has 1 aliphatic rings. The predicted octanol–water partition coefficient (Wildman–Crippen LogP) is 6.99. The maximum Gasteiger partial charge on any atom is 0.161 e. The van der Waals surface area contributed by atoms with Gasteiger partial charge in [0, 0.05) is 18.2 Å². The summed E-state index contributed by atoms with van der Waals surface area (Å²) in [6.07, 6.45) is 0. The molecule has 0 saturated carbocycles. The van der Waals surface area contributed by atoms with Crippen molar-refractivity contribution in [3.05, 3.63) is 106 Å². The molecule has 0 aromatic heterocycles. The zero-order valence-electron chi connectivity index (χ0n) is 28.2. The average Bonchev–Trinajstić information content (AvgIpc) is 3.14. The van der Waals surface area contributed by atoms with Crippen molar-refractivity contribution in [1.82, 2.24) is 10.7 Å². The molecular formula is C37H45ClN6O4. The molecule has 5 rings (SSSR count). The Balaban J connectivity index is 0.00000151. The van der Waals surface area contributed by atoms with Gasteiger partial charge in [0.25, 0.3) is 0 Å². The molecule has 10 nitrogen and oxygen atoms in total. The maximum atomic E-state index is 9.27. The number of nitrogens with two attached hydrogens (primary N) is 2. The number of nitriles is 1. The van der Waals surface area contributed by atoms with Gasteiger partial charge in [-0.2, -0.15) is 10.4 Å². The number of hydrogen-bond acceptors (Lipinski definition) is 9. The normalized spacial score (nSPS) is 11.6. The van der Waals surface area contributed by atoms with E-state index in [4.69, 9.17) is 42.2 Å². The third-order valence-corrected chi connectivity index (χ3v) is 7.47. The van der Waals surface area contributed by atoms with Crippen LogP contribution in [0, 0.1) is 18.3 Å². The zero-order valence-corrected chi connectivity index (χ0v) is 29.0. The fourth-order valence-electron chi connectivity index (χ4n) is 4.82. The van der Waals surface area contributed by atoms with Crippen molar-refractivity contribution in [3.8, 4) is 40.2 Å². The molecule has 1 heterocycles. The van der Waals surface area contributed by atoms with Crippen LogP contribution in [0.5, 0.6) is 23.0 Å². The quantitative estimate of drug-likeness (QED) is 0.0572. The predicted molar refractivity (Wildman–Crippen MR) is 192 cm³/mol. The topological polar surface area (TPSA) is 149 Å². The summed E-state index contributed by atoms with van der Waals surface area (Å²) in [6, 6.07) is 25.1. The highest BCUT2D eigenvalue weighted by atomic mass is 35.5. The number of hydrazone groups is 1. The van der Waals surface area contributed by atoms with Crippen LogP contribution in [0.25, 0.3) is 11.1 Å². The number of amidine groups is 1. The van der Waals surface area contributed by atoms with Crippen molar-refractivity contribution < 1.29 is 18.9 Å². The van der Waals surface area contributed by atoms with E-state index in [2.05, 4.69) is 34.9 Å². The van der Waals surface area contributed by atoms with E-state index in [9.17, 15) is 5.26 Å². The Kier molecular flexibility index (Phi) is 15.4. The van der Waals surface area contributed by atoms with E-state index in [1.807, 2.05) is 70.2 Å². The zero-order chi connectivity index (χ0) is 34.9. The van der Waals surface area contributed by atoms with E-state index in [0.29, 0.717) is 60.8 Å². The Bertz CT molecular complexity index is 1710. The lowest BCUT2D eigenvalue weighted by Crippen LogP contribution is -2.38. The number of fused-ring (bicyclic) bond motifs is 1. The molecule has 254 valence electrons. The number of rotatable bonds is 11. The van der Waals surface area contributed by atoms with E-state index in [0.717, 1.165) is 44.9 Å². The van der Waals surface area contributed by atoms with Gasteiger partial charge in [-0.15, -0.1) is 0 Å². The molecule has 0 spiro atoms. The van der Waals surface area contributed by atoms with Gasteiger partial charge in [-0.3, -0.25) is 0 Å². The highest BCUT2D eigenvalue weighted by Gasteiger charge is 2.16. The Morgan fingerprint density at radius 3 is 2.35 bits per heavy atom. The molecule has 0 bridgehead atoms. The van der Waals surface area contributed by atoms with Crippen molar-refractivity contribution in [1.29, 1.82) is 5.26 Å². The van der Waals surface area contributed by atoms with E-state index >= 15 is 0 Å². The number of benzene rings is 4. The molecular weight excluding hydrogens is 628 g/mol. The van der Waals surface area contributed by atoms with Crippen LogP contribution >= 0.6 is 11.6 Å². The van der Waals surface area contributed by atoms with Gasteiger partial charge in [-0.05, 0) is 65.1 Å². The van der Waals surface area contributed by atoms with Crippen molar-refractivity contribution >= 4 is 17.4 Å². The van der Waals surface area contributed by atoms with Gasteiger partial charge in [0.05, 0.1) is 23.2 Å². The van der Waals surface area contributed by atoms with Gasteiger partial charge in [-0.25, -0.2) is 5.84 Å². The van der Waals surface area contributed by atoms with Crippen LogP contribution in [-0.4, -0.2) is 25.6 Å². The highest BCUT2D eigenvalue weighted by Crippen LogP contribution is 2.37. The van der Waals surface area contributed by atoms with E-state index < -0.39 is 0 Å². The van der Waals surface area contributed by atoms with Gasteiger partial charge >= 0.3 is 0 Å². The van der Waals surface area contributed by atoms with Crippen molar-refractivity contribution in [2.75, 3.05) is 19.8 Å². The van der Waals surface area contributed by atoms with Gasteiger partial charge in [0.15, 0.2) is 11.5 Å². The summed E-state index contributed by atoms with van der Waals surface area (Å²) in [5.41, 5.74) is 8.86. The van der Waals surface area contributed by atoms with Crippen molar-refractivity contribution in [2.45, 2.75) is 54.4 Å². The standard InChI is InChI=1S/C33H33ClN6O4.2C2H6/c1-21-25(6-3-7-27(21)24-8-9-29-32(14-24)42-11-10-41-29)20-44-31-15-30(43-19-23-5-2-4-22(12-23)16-35)26(13-28(31)34)17-38-18-33(39-36)40-37;2*1-2/h2-9,12-15,38H,10-11,17-20,36-37H2,1H3,(H,39,40);2*1-2H3. The molecule has 0 atom stereocenters. The fourth-order valence-corrected chi connectivity index (χ4v) is 5.06. The first-order valence-corrected chi connectivity index (χ1v) is 16.4. The van der Waals surface area contributed by atoms with E-state index in [-0.39, 0.29) is 6.61 Å². The largest absolute Gasteiger partial charge is 0.488 e. The smallest absolute Gasteiger partial charge is 0.161 e. The van der Waals surface area contributed by atoms with Gasteiger partial charge < -0.3 is 35.5 Å². The highest BCUT2D eigenvalue weighted by molar-refractivity contribution is 6.32. The monoisotopic (exact) mass is 672 g/mol. The lowest BCUT2D eigenvalue weighted by atomic mass is 9.96. The fraction of sp³-hybridized carbons (Fsp3) is 0.297. The van der Waals surface area contributed by atoms with Crippen molar-refractivity contribution in [3.63, 3.8) is 0 Å². The number of halogens is 1. The Labute approximate surface area is 288 Å². The maximum absolute atomic E-state index is 9.27. The number of nitrogens with one attached hydrogen (secondary N) is 2. The Morgan fingerprint density at radius 1 is 0.896 bits per heavy atom. The minimum atomic E-state index is 0.250. The molecule has 4 aromatic rings. The second-order valence-corrected chi connectivity index (χ2v) is 10.5. The van der Waals surface area contributed by atoms with Crippen LogP contribution in [0.3, 0.4) is 0 Å². The first-order chi connectivity index (χ1) is 23.5. The minimum Gasteiger partial charge on any atom is -0.488 e. The summed E-state index contributed by atoms with van der Waals surface area (Å²) in [7, 11) is 0. The molecule has 6 N–H and O–H groups in total. The number of hydrazine groups is 1. The molecule has 0 radical (unpaired) electrons. The molecule has 0 unspecified atom stereocenters. The second kappa shape index (κ2) is 19.7. The van der Waals surface area contributed by atoms with Gasteiger partial charge in [-0.1, -0.05) is 75.7 Å². The Morgan fingerprint density at radius 2 is 1.62 bits per heavy atom. The molecule has 11 heteroatoms. The van der Waals surface area contributed by atoms with Crippen LogP contribution in [-0.2, 0) is 19.8 Å². The summed E-state index contributed by atoms with van der Waals surface area (Å²) in [5, 5.41) is 16.5. The third-order valence-electron chi connectivity index (χ3n) is 7.18. The first kappa shape index (κ1) is 37.5. The van der Waals surface area contributed by atoms with E-state index in [1.54, 1.807) is 24.3 Å². The van der Waals surface area contributed by atoms with Crippen molar-refractivity contribution in [2.24, 2.45) is 16.8 Å². The molecule has 0 aliphatic carbocycles. The third kappa shape index (κ3) is 10.0. The minimum absolute atomic E-state index is 0.250. The van der Waals surface area contributed by atoms with Crippen LogP contribution in [0.2, 0.25) is 5.02 Å². The first-order valence-electron chi connectivity index (χ1n) is 16.0. The van der Waals surface area contributed by atoms with Crippen LogP contribution in [0.1, 0.15) is 55.5 Å². The van der Waals surface area contributed by atoms with Crippen LogP contribution < -0.4 is 41.4 Å². The number of hydrogen-bond donors (Lipinski definition) is 4. The molecule has 0 amide bonds. The summed E-state index contributed by atoms with van der Waals surface area (Å²) in [5.74, 6) is 13.7. The summed E-state index contributed by atoms with van der Waals surface area (Å²) in [6.45, 7) is 12.4. The summed E-state index contributed by atoms with van der Waals surface area (Å²) >= 11 is 6.71. The lowest BCUT2D eigenvalue weighted by molar-refractivity contribution is 0.171. The molecule has 0 saturated heterocycles. The summed E-state index contributed by atoms with van der Waals surface area (Å²) in [4.78, 5) is 0. The number of nitrogens with zero attached hydrogens (tertiary/aromatic N) is 2. The number of ether oxygens (including phenoxy) is 4. The SMILES string of the molecule is CC.CC.Cc1c(COc2cc(OCc3cccc(C#N)c3)c(CNC/C(=N/N)NN)cc2Cl)cccc1-c1ccc2c(c1)OCCO2.